The zero-order valence-electron chi connectivity index (χ0n) is 13.1. The fraction of sp³-hybridized carbons (Fsp3) is 0.438. The first-order valence-corrected chi connectivity index (χ1v) is 7.98. The topological polar surface area (TPSA) is 31.4 Å². The predicted molar refractivity (Wildman–Crippen MR) is 88.0 cm³/mol. The molecule has 2 aromatic rings. The third-order valence-corrected chi connectivity index (χ3v) is 5.38. The number of hydrogen-bond acceptors (Lipinski definition) is 4. The largest absolute Gasteiger partial charge is 0.507 e. The molecular weight excluding hydrogens is 281 g/mol. The van der Waals surface area contributed by atoms with Crippen LogP contribution in [0.4, 0.5) is 0 Å². The van der Waals surface area contributed by atoms with Gasteiger partial charge in [-0.15, -0.1) is 11.3 Å². The van der Waals surface area contributed by atoms with Crippen molar-refractivity contribution in [3.8, 4) is 10.6 Å². The first kappa shape index (κ1) is 14.8. The van der Waals surface area contributed by atoms with Gasteiger partial charge < -0.3 is 9.31 Å². The second-order valence-electron chi connectivity index (χ2n) is 6.52. The molecule has 1 aromatic heterocycles. The summed E-state index contributed by atoms with van der Waals surface area (Å²) in [5, 5.41) is 1.000. The Kier molecular flexibility index (Phi) is 3.47. The van der Waals surface area contributed by atoms with Crippen molar-refractivity contribution < 1.29 is 9.31 Å². The van der Waals surface area contributed by atoms with Crippen molar-refractivity contribution in [2.75, 3.05) is 0 Å². The Morgan fingerprint density at radius 3 is 2.14 bits per heavy atom. The molecular formula is C16H20BNO2S. The van der Waals surface area contributed by atoms with Gasteiger partial charge in [-0.2, -0.15) is 0 Å². The number of hydrogen-bond donors (Lipinski definition) is 0. The first-order valence-electron chi connectivity index (χ1n) is 7.17. The molecule has 0 radical (unpaired) electrons. The van der Waals surface area contributed by atoms with E-state index in [4.69, 9.17) is 9.31 Å². The number of nitrogens with zero attached hydrogens (tertiary/aromatic N) is 1. The standard InChI is InChI=1S/C16H20BNO2S/c1-11-6-8-12(9-7-11)14-18-10-13(21-14)17-19-15(2,3)16(4,5)20-17/h6-10H,1-5H3. The summed E-state index contributed by atoms with van der Waals surface area (Å²) in [6.45, 7) is 10.3. The minimum atomic E-state index is -0.327. The summed E-state index contributed by atoms with van der Waals surface area (Å²) < 4.78 is 13.2. The lowest BCUT2D eigenvalue weighted by Crippen LogP contribution is -2.41. The van der Waals surface area contributed by atoms with Gasteiger partial charge in [0.15, 0.2) is 0 Å². The van der Waals surface area contributed by atoms with Crippen LogP contribution >= 0.6 is 11.3 Å². The molecule has 0 unspecified atom stereocenters. The normalized spacial score (nSPS) is 20.0. The highest BCUT2D eigenvalue weighted by Gasteiger charge is 2.52. The van der Waals surface area contributed by atoms with Gasteiger partial charge in [-0.25, -0.2) is 4.98 Å². The van der Waals surface area contributed by atoms with Crippen LogP contribution in [0.1, 0.15) is 33.3 Å². The maximum atomic E-state index is 6.07. The third-order valence-electron chi connectivity index (χ3n) is 4.31. The monoisotopic (exact) mass is 301 g/mol. The molecule has 1 saturated heterocycles. The van der Waals surface area contributed by atoms with Crippen molar-refractivity contribution in [2.45, 2.75) is 45.8 Å². The number of thiazole rings is 1. The molecule has 21 heavy (non-hydrogen) atoms. The fourth-order valence-electron chi connectivity index (χ4n) is 2.18. The first-order chi connectivity index (χ1) is 9.78. The average Bonchev–Trinajstić information content (AvgIpc) is 2.94. The summed E-state index contributed by atoms with van der Waals surface area (Å²) in [5.74, 6) is 0. The zero-order valence-corrected chi connectivity index (χ0v) is 14.0. The van der Waals surface area contributed by atoms with Gasteiger partial charge in [-0.1, -0.05) is 29.8 Å². The quantitative estimate of drug-likeness (QED) is 0.797. The summed E-state index contributed by atoms with van der Waals surface area (Å²) in [6.07, 6.45) is 1.86. The van der Waals surface area contributed by atoms with Crippen molar-refractivity contribution in [2.24, 2.45) is 0 Å². The van der Waals surface area contributed by atoms with Crippen molar-refractivity contribution in [3.63, 3.8) is 0 Å². The number of rotatable bonds is 2. The summed E-state index contributed by atoms with van der Waals surface area (Å²) in [7, 11) is -0.327. The van der Waals surface area contributed by atoms with Crippen LogP contribution in [0.5, 0.6) is 0 Å². The van der Waals surface area contributed by atoms with Crippen molar-refractivity contribution in [1.29, 1.82) is 0 Å². The summed E-state index contributed by atoms with van der Waals surface area (Å²) >= 11 is 1.63. The highest BCUT2D eigenvalue weighted by Crippen LogP contribution is 2.37. The molecule has 1 aliphatic rings. The van der Waals surface area contributed by atoms with Crippen molar-refractivity contribution in [3.05, 3.63) is 36.0 Å². The van der Waals surface area contributed by atoms with Crippen LogP contribution in [0.2, 0.25) is 0 Å². The molecule has 1 aromatic carbocycles. The maximum absolute atomic E-state index is 6.07. The van der Waals surface area contributed by atoms with Gasteiger partial charge in [0, 0.05) is 11.8 Å². The smallest absolute Gasteiger partial charge is 0.399 e. The number of aromatic nitrogens is 1. The fourth-order valence-corrected chi connectivity index (χ4v) is 3.06. The van der Waals surface area contributed by atoms with Crippen LogP contribution in [0, 0.1) is 6.92 Å². The summed E-state index contributed by atoms with van der Waals surface area (Å²) in [6, 6.07) is 8.40. The van der Waals surface area contributed by atoms with Gasteiger partial charge in [0.05, 0.1) is 16.0 Å². The van der Waals surface area contributed by atoms with E-state index in [-0.39, 0.29) is 18.3 Å². The summed E-state index contributed by atoms with van der Waals surface area (Å²) in [4.78, 5) is 4.51. The van der Waals surface area contributed by atoms with Gasteiger partial charge in [0.1, 0.15) is 5.01 Å². The van der Waals surface area contributed by atoms with E-state index >= 15 is 0 Å². The van der Waals surface area contributed by atoms with E-state index in [1.54, 1.807) is 11.3 Å². The molecule has 0 N–H and O–H groups in total. The van der Waals surface area contributed by atoms with Gasteiger partial charge in [0.25, 0.3) is 0 Å². The van der Waals surface area contributed by atoms with E-state index in [9.17, 15) is 0 Å². The Morgan fingerprint density at radius 1 is 1.00 bits per heavy atom. The van der Waals surface area contributed by atoms with Crippen LogP contribution in [0.15, 0.2) is 30.5 Å². The Labute approximate surface area is 130 Å². The Hall–Kier alpha value is -1.17. The maximum Gasteiger partial charge on any atom is 0.507 e. The van der Waals surface area contributed by atoms with Crippen LogP contribution in [0.25, 0.3) is 10.6 Å². The lowest BCUT2D eigenvalue weighted by molar-refractivity contribution is 0.00578. The molecule has 2 heterocycles. The molecule has 0 amide bonds. The molecule has 110 valence electrons. The predicted octanol–water partition coefficient (Wildman–Crippen LogP) is 3.42. The lowest BCUT2D eigenvalue weighted by Gasteiger charge is -2.32. The lowest BCUT2D eigenvalue weighted by atomic mass is 9.89. The average molecular weight is 301 g/mol. The van der Waals surface area contributed by atoms with Crippen LogP contribution < -0.4 is 4.78 Å². The minimum Gasteiger partial charge on any atom is -0.399 e. The second kappa shape index (κ2) is 4.94. The Balaban J connectivity index is 1.85. The van der Waals surface area contributed by atoms with Crippen molar-refractivity contribution in [1.82, 2.24) is 4.98 Å². The molecule has 0 atom stereocenters. The Morgan fingerprint density at radius 2 is 1.57 bits per heavy atom. The molecule has 1 fully saturated rings. The van der Waals surface area contributed by atoms with Gasteiger partial charge in [0.2, 0.25) is 0 Å². The van der Waals surface area contributed by atoms with Gasteiger partial charge >= 0.3 is 7.12 Å². The zero-order chi connectivity index (χ0) is 15.3. The molecule has 5 heteroatoms. The molecule has 0 bridgehead atoms. The molecule has 1 aliphatic heterocycles. The van der Waals surface area contributed by atoms with E-state index < -0.39 is 0 Å². The minimum absolute atomic E-state index is 0.314. The van der Waals surface area contributed by atoms with E-state index in [0.717, 1.165) is 15.3 Å². The molecule has 3 nitrogen and oxygen atoms in total. The highest BCUT2D eigenvalue weighted by atomic mass is 32.1. The van der Waals surface area contributed by atoms with Crippen LogP contribution in [-0.4, -0.2) is 23.3 Å². The molecule has 0 spiro atoms. The SMILES string of the molecule is Cc1ccc(-c2ncc(B3OC(C)(C)C(C)(C)O3)s2)cc1. The van der Waals surface area contributed by atoms with E-state index in [1.807, 2.05) is 6.20 Å². The third kappa shape index (κ3) is 2.66. The Bertz CT molecular complexity index is 633. The molecule has 3 rings (SSSR count). The molecule has 0 saturated carbocycles. The van der Waals surface area contributed by atoms with Crippen molar-refractivity contribution >= 4 is 23.2 Å². The van der Waals surface area contributed by atoms with Crippen LogP contribution in [0.3, 0.4) is 0 Å². The second-order valence-corrected chi connectivity index (χ2v) is 7.58. The molecule has 0 aliphatic carbocycles. The van der Waals surface area contributed by atoms with Gasteiger partial charge in [-0.05, 0) is 34.6 Å². The van der Waals surface area contributed by atoms with E-state index in [1.165, 1.54) is 5.56 Å². The number of aryl methyl sites for hydroxylation is 1. The van der Waals surface area contributed by atoms with E-state index in [0.29, 0.717) is 0 Å². The van der Waals surface area contributed by atoms with Crippen LogP contribution in [-0.2, 0) is 9.31 Å². The van der Waals surface area contributed by atoms with E-state index in [2.05, 4.69) is 63.9 Å². The van der Waals surface area contributed by atoms with Gasteiger partial charge in [-0.3, -0.25) is 0 Å². The highest BCUT2D eigenvalue weighted by molar-refractivity contribution is 7.24. The summed E-state index contributed by atoms with van der Waals surface area (Å²) in [5.41, 5.74) is 1.76. The number of benzene rings is 1.